The van der Waals surface area contributed by atoms with Crippen molar-refractivity contribution in [2.45, 2.75) is 25.6 Å². The SMILES string of the molecule is C[C@@H]1Cc2cccc3c(O)c(C(=O)Nc4ccccc4C(F)(F)F)c(=O)n1c23. The molecule has 0 radical (unpaired) electrons. The van der Waals surface area contributed by atoms with Crippen molar-refractivity contribution in [3.05, 3.63) is 69.5 Å². The van der Waals surface area contributed by atoms with E-state index in [1.807, 2.05) is 6.07 Å². The highest BCUT2D eigenvalue weighted by Gasteiger charge is 2.35. The summed E-state index contributed by atoms with van der Waals surface area (Å²) in [6.45, 7) is 1.80. The lowest BCUT2D eigenvalue weighted by Gasteiger charge is -2.16. The van der Waals surface area contributed by atoms with E-state index in [0.717, 1.165) is 17.7 Å². The molecule has 1 aromatic heterocycles. The predicted octanol–water partition coefficient (Wildman–Crippen LogP) is 4.10. The van der Waals surface area contributed by atoms with Crippen LogP contribution in [0.15, 0.2) is 47.3 Å². The molecule has 28 heavy (non-hydrogen) atoms. The zero-order chi connectivity index (χ0) is 20.2. The van der Waals surface area contributed by atoms with Crippen molar-refractivity contribution in [3.63, 3.8) is 0 Å². The van der Waals surface area contributed by atoms with Crippen LogP contribution in [-0.4, -0.2) is 15.6 Å². The summed E-state index contributed by atoms with van der Waals surface area (Å²) < 4.78 is 40.9. The number of para-hydroxylation sites is 2. The van der Waals surface area contributed by atoms with E-state index in [4.69, 9.17) is 0 Å². The maximum absolute atomic E-state index is 13.2. The molecule has 0 aliphatic carbocycles. The van der Waals surface area contributed by atoms with E-state index in [1.165, 1.54) is 16.7 Å². The first-order valence-corrected chi connectivity index (χ1v) is 8.56. The first kappa shape index (κ1) is 18.1. The van der Waals surface area contributed by atoms with Gasteiger partial charge in [0.15, 0.2) is 0 Å². The van der Waals surface area contributed by atoms with Crippen LogP contribution in [0, 0.1) is 0 Å². The minimum absolute atomic E-state index is 0.234. The van der Waals surface area contributed by atoms with E-state index in [1.54, 1.807) is 19.1 Å². The molecule has 1 aliphatic rings. The number of anilines is 1. The molecule has 0 fully saturated rings. The largest absolute Gasteiger partial charge is 0.506 e. The smallest absolute Gasteiger partial charge is 0.418 e. The van der Waals surface area contributed by atoms with Gasteiger partial charge in [-0.15, -0.1) is 0 Å². The van der Waals surface area contributed by atoms with Gasteiger partial charge in [0.2, 0.25) is 0 Å². The summed E-state index contributed by atoms with van der Waals surface area (Å²) in [4.78, 5) is 25.6. The second-order valence-corrected chi connectivity index (χ2v) is 6.76. The van der Waals surface area contributed by atoms with E-state index < -0.39 is 40.2 Å². The second-order valence-electron chi connectivity index (χ2n) is 6.76. The molecule has 5 nitrogen and oxygen atoms in total. The van der Waals surface area contributed by atoms with E-state index >= 15 is 0 Å². The average molecular weight is 388 g/mol. The zero-order valence-electron chi connectivity index (χ0n) is 14.7. The Hall–Kier alpha value is -3.29. The van der Waals surface area contributed by atoms with E-state index in [2.05, 4.69) is 5.32 Å². The quantitative estimate of drug-likeness (QED) is 0.695. The van der Waals surface area contributed by atoms with Gasteiger partial charge in [0.05, 0.1) is 16.8 Å². The molecule has 2 aromatic carbocycles. The van der Waals surface area contributed by atoms with E-state index in [-0.39, 0.29) is 6.04 Å². The number of nitrogens with one attached hydrogen (secondary N) is 1. The van der Waals surface area contributed by atoms with E-state index in [0.29, 0.717) is 17.3 Å². The topological polar surface area (TPSA) is 71.3 Å². The number of nitrogens with zero attached hydrogens (tertiary/aromatic N) is 1. The lowest BCUT2D eigenvalue weighted by Crippen LogP contribution is -2.30. The molecule has 0 unspecified atom stereocenters. The fourth-order valence-electron chi connectivity index (χ4n) is 3.75. The summed E-state index contributed by atoms with van der Waals surface area (Å²) in [5, 5.41) is 13.0. The average Bonchev–Trinajstić information content (AvgIpc) is 2.96. The van der Waals surface area contributed by atoms with Crippen molar-refractivity contribution in [2.24, 2.45) is 0 Å². The summed E-state index contributed by atoms with van der Waals surface area (Å²) >= 11 is 0. The number of amides is 1. The van der Waals surface area contributed by atoms with E-state index in [9.17, 15) is 27.9 Å². The summed E-state index contributed by atoms with van der Waals surface area (Å²) in [6.07, 6.45) is -4.12. The molecule has 8 heteroatoms. The lowest BCUT2D eigenvalue weighted by atomic mass is 10.1. The van der Waals surface area contributed by atoms with Crippen LogP contribution in [-0.2, 0) is 12.6 Å². The van der Waals surface area contributed by atoms with Crippen LogP contribution in [0.25, 0.3) is 10.9 Å². The van der Waals surface area contributed by atoms with Crippen LogP contribution in [0.3, 0.4) is 0 Å². The number of aromatic hydroxyl groups is 1. The fraction of sp³-hybridized carbons (Fsp3) is 0.200. The highest BCUT2D eigenvalue weighted by atomic mass is 19.4. The van der Waals surface area contributed by atoms with Crippen LogP contribution in [0.1, 0.15) is 34.5 Å². The molecular formula is C20H15F3N2O3. The fourth-order valence-corrected chi connectivity index (χ4v) is 3.75. The number of carbonyl (C=O) groups excluding carboxylic acids is 1. The van der Waals surface area contributed by atoms with Crippen molar-refractivity contribution in [3.8, 4) is 5.75 Å². The molecule has 1 aliphatic heterocycles. The van der Waals surface area contributed by atoms with Crippen molar-refractivity contribution >= 4 is 22.5 Å². The Kier molecular flexibility index (Phi) is 3.95. The lowest BCUT2D eigenvalue weighted by molar-refractivity contribution is -0.136. The zero-order valence-corrected chi connectivity index (χ0v) is 14.7. The molecule has 0 bridgehead atoms. The van der Waals surface area contributed by atoms with Gasteiger partial charge in [0, 0.05) is 11.4 Å². The first-order valence-electron chi connectivity index (χ1n) is 8.56. The Morgan fingerprint density at radius 2 is 1.89 bits per heavy atom. The van der Waals surface area contributed by atoms with Crippen LogP contribution < -0.4 is 10.9 Å². The van der Waals surface area contributed by atoms with Gasteiger partial charge in [0.1, 0.15) is 11.3 Å². The summed E-state index contributed by atoms with van der Waals surface area (Å²) in [5.41, 5.74) is -1.41. The molecule has 2 heterocycles. The molecule has 0 spiro atoms. The number of pyridine rings is 1. The minimum atomic E-state index is -4.68. The molecule has 1 atom stereocenters. The third kappa shape index (κ3) is 2.64. The third-order valence-electron chi connectivity index (χ3n) is 4.95. The van der Waals surface area contributed by atoms with Crippen LogP contribution >= 0.6 is 0 Å². The number of hydrogen-bond acceptors (Lipinski definition) is 3. The number of carbonyl (C=O) groups is 1. The molecule has 0 saturated heterocycles. The Labute approximate surface area is 157 Å². The molecule has 144 valence electrons. The molecule has 0 saturated carbocycles. The summed E-state index contributed by atoms with van der Waals surface area (Å²) in [5.74, 6) is -1.62. The monoisotopic (exact) mass is 388 g/mol. The third-order valence-corrected chi connectivity index (χ3v) is 4.95. The minimum Gasteiger partial charge on any atom is -0.506 e. The number of alkyl halides is 3. The second kappa shape index (κ2) is 6.12. The highest BCUT2D eigenvalue weighted by Crippen LogP contribution is 2.37. The maximum Gasteiger partial charge on any atom is 0.418 e. The number of aromatic nitrogens is 1. The number of benzene rings is 2. The standard InChI is InChI=1S/C20H15F3N2O3/c1-10-9-11-5-4-6-12-16(11)25(10)19(28)15(17(12)26)18(27)24-14-8-3-2-7-13(14)20(21,22)23/h2-8,10,26H,9H2,1H3,(H,24,27)/t10-/m1/s1. The molecular weight excluding hydrogens is 373 g/mol. The van der Waals surface area contributed by atoms with Crippen LogP contribution in [0.2, 0.25) is 0 Å². The first-order chi connectivity index (χ1) is 13.2. The van der Waals surface area contributed by atoms with Crippen LogP contribution in [0.5, 0.6) is 5.75 Å². The maximum atomic E-state index is 13.2. The summed E-state index contributed by atoms with van der Waals surface area (Å²) in [6, 6.07) is 9.33. The molecule has 2 N–H and O–H groups in total. The van der Waals surface area contributed by atoms with Crippen molar-refractivity contribution < 1.29 is 23.1 Å². The molecule has 1 amide bonds. The summed E-state index contributed by atoms with van der Waals surface area (Å²) in [7, 11) is 0. The molecule has 4 rings (SSSR count). The van der Waals surface area contributed by atoms with Gasteiger partial charge in [0.25, 0.3) is 11.5 Å². The Bertz CT molecular complexity index is 1180. The van der Waals surface area contributed by atoms with Crippen molar-refractivity contribution in [2.75, 3.05) is 5.32 Å². The van der Waals surface area contributed by atoms with Gasteiger partial charge in [-0.25, -0.2) is 0 Å². The Morgan fingerprint density at radius 3 is 2.61 bits per heavy atom. The van der Waals surface area contributed by atoms with Gasteiger partial charge >= 0.3 is 6.18 Å². The van der Waals surface area contributed by atoms with Gasteiger partial charge in [-0.2, -0.15) is 13.2 Å². The number of rotatable bonds is 2. The Balaban J connectivity index is 1.87. The highest BCUT2D eigenvalue weighted by molar-refractivity contribution is 6.09. The predicted molar refractivity (Wildman–Crippen MR) is 97.7 cm³/mol. The van der Waals surface area contributed by atoms with Crippen molar-refractivity contribution in [1.82, 2.24) is 4.57 Å². The Morgan fingerprint density at radius 1 is 1.18 bits per heavy atom. The normalized spacial score (nSPS) is 15.8. The number of halogens is 3. The van der Waals surface area contributed by atoms with Gasteiger partial charge in [-0.05, 0) is 37.1 Å². The number of hydrogen-bond donors (Lipinski definition) is 2. The van der Waals surface area contributed by atoms with Gasteiger partial charge in [-0.3, -0.25) is 9.59 Å². The van der Waals surface area contributed by atoms with Gasteiger partial charge < -0.3 is 15.0 Å². The van der Waals surface area contributed by atoms with Gasteiger partial charge in [-0.1, -0.05) is 24.3 Å². The van der Waals surface area contributed by atoms with Crippen molar-refractivity contribution in [1.29, 1.82) is 0 Å². The molecule has 3 aromatic rings. The van der Waals surface area contributed by atoms with Crippen LogP contribution in [0.4, 0.5) is 18.9 Å².